The van der Waals surface area contributed by atoms with E-state index in [2.05, 4.69) is 12.2 Å². The first-order valence-corrected chi connectivity index (χ1v) is 6.54. The summed E-state index contributed by atoms with van der Waals surface area (Å²) >= 11 is 0. The number of carboxylic acid groups (broad SMARTS) is 1. The molecule has 0 aromatic carbocycles. The Morgan fingerprint density at radius 3 is 2.53 bits per heavy atom. The van der Waals surface area contributed by atoms with Crippen LogP contribution in [-0.2, 0) is 4.79 Å². The first kappa shape index (κ1) is 13.6. The third-order valence-electron chi connectivity index (χ3n) is 3.99. The molecule has 1 aromatic rings. The molecule has 104 valence electrons. The summed E-state index contributed by atoms with van der Waals surface area (Å²) in [5.74, 6) is -0.306. The topological polar surface area (TPSA) is 79.5 Å². The van der Waals surface area contributed by atoms with E-state index < -0.39 is 11.5 Å². The number of aryl methyl sites for hydroxylation is 1. The molecule has 0 spiro atoms. The smallest absolute Gasteiger partial charge is 0.329 e. The van der Waals surface area contributed by atoms with E-state index >= 15 is 0 Å². The molecule has 1 aromatic heterocycles. The Bertz CT molecular complexity index is 483. The van der Waals surface area contributed by atoms with Crippen molar-refractivity contribution in [3.05, 3.63) is 23.7 Å². The highest BCUT2D eigenvalue weighted by Gasteiger charge is 2.42. The Labute approximate surface area is 112 Å². The fraction of sp³-hybridized carbons (Fsp3) is 0.571. The van der Waals surface area contributed by atoms with Crippen LogP contribution in [0.3, 0.4) is 0 Å². The molecule has 2 rings (SSSR count). The summed E-state index contributed by atoms with van der Waals surface area (Å²) in [6, 6.07) is 1.56. The molecule has 5 heteroatoms. The van der Waals surface area contributed by atoms with Gasteiger partial charge in [0.1, 0.15) is 11.3 Å². The fourth-order valence-corrected chi connectivity index (χ4v) is 2.55. The van der Waals surface area contributed by atoms with Gasteiger partial charge in [-0.2, -0.15) is 0 Å². The number of amides is 1. The monoisotopic (exact) mass is 265 g/mol. The van der Waals surface area contributed by atoms with Crippen molar-refractivity contribution in [2.24, 2.45) is 5.92 Å². The zero-order chi connectivity index (χ0) is 14.0. The third-order valence-corrected chi connectivity index (χ3v) is 3.99. The van der Waals surface area contributed by atoms with Crippen molar-refractivity contribution in [1.82, 2.24) is 5.32 Å². The number of hydrogen-bond acceptors (Lipinski definition) is 3. The summed E-state index contributed by atoms with van der Waals surface area (Å²) in [5.41, 5.74) is -0.730. The lowest BCUT2D eigenvalue weighted by atomic mass is 9.77. The lowest BCUT2D eigenvalue weighted by molar-refractivity contribution is -0.146. The van der Waals surface area contributed by atoms with Gasteiger partial charge in [-0.3, -0.25) is 4.79 Å². The maximum atomic E-state index is 12.2. The Balaban J connectivity index is 2.16. The van der Waals surface area contributed by atoms with Crippen molar-refractivity contribution in [1.29, 1.82) is 0 Å². The number of carbonyl (C=O) groups excluding carboxylic acids is 1. The van der Waals surface area contributed by atoms with Gasteiger partial charge >= 0.3 is 5.97 Å². The molecular formula is C14H19NO4. The highest BCUT2D eigenvalue weighted by atomic mass is 16.4. The first-order chi connectivity index (χ1) is 8.94. The molecule has 0 atom stereocenters. The maximum absolute atomic E-state index is 12.2. The van der Waals surface area contributed by atoms with Gasteiger partial charge in [-0.25, -0.2) is 4.79 Å². The molecule has 0 radical (unpaired) electrons. The SMILES string of the molecule is Cc1occc1C(=O)NC1(C(=O)O)CCC(C)CC1. The van der Waals surface area contributed by atoms with Crippen molar-refractivity contribution in [2.45, 2.75) is 45.1 Å². The van der Waals surface area contributed by atoms with Crippen LogP contribution >= 0.6 is 0 Å². The van der Waals surface area contributed by atoms with Crippen LogP contribution in [0.1, 0.15) is 48.7 Å². The van der Waals surface area contributed by atoms with Crippen molar-refractivity contribution < 1.29 is 19.1 Å². The second-order valence-corrected chi connectivity index (χ2v) is 5.41. The van der Waals surface area contributed by atoms with E-state index in [1.54, 1.807) is 13.0 Å². The standard InChI is InChI=1S/C14H19NO4/c1-9-3-6-14(7-4-9,13(17)18)15-12(16)11-5-8-19-10(11)2/h5,8-9H,3-4,6-7H2,1-2H3,(H,15,16)(H,17,18). The largest absolute Gasteiger partial charge is 0.480 e. The molecule has 0 bridgehead atoms. The van der Waals surface area contributed by atoms with Crippen molar-refractivity contribution >= 4 is 11.9 Å². The quantitative estimate of drug-likeness (QED) is 0.879. The molecule has 1 saturated carbocycles. The number of carboxylic acids is 1. The summed E-state index contributed by atoms with van der Waals surface area (Å²) < 4.78 is 5.08. The second-order valence-electron chi connectivity index (χ2n) is 5.41. The molecule has 1 aliphatic rings. The van der Waals surface area contributed by atoms with E-state index in [1.165, 1.54) is 6.26 Å². The highest BCUT2D eigenvalue weighted by Crippen LogP contribution is 2.32. The van der Waals surface area contributed by atoms with Crippen LogP contribution in [0.4, 0.5) is 0 Å². The first-order valence-electron chi connectivity index (χ1n) is 6.54. The maximum Gasteiger partial charge on any atom is 0.329 e. The summed E-state index contributed by atoms with van der Waals surface area (Å²) in [4.78, 5) is 23.7. The van der Waals surface area contributed by atoms with Crippen LogP contribution in [-0.4, -0.2) is 22.5 Å². The molecule has 19 heavy (non-hydrogen) atoms. The van der Waals surface area contributed by atoms with E-state index in [4.69, 9.17) is 4.42 Å². The third kappa shape index (κ3) is 2.64. The van der Waals surface area contributed by atoms with E-state index in [1.807, 2.05) is 0 Å². The van der Waals surface area contributed by atoms with Crippen LogP contribution in [0.25, 0.3) is 0 Å². The van der Waals surface area contributed by atoms with Crippen LogP contribution < -0.4 is 5.32 Å². The van der Waals surface area contributed by atoms with Gasteiger partial charge in [-0.15, -0.1) is 0 Å². The molecule has 0 saturated heterocycles. The fourth-order valence-electron chi connectivity index (χ4n) is 2.55. The van der Waals surface area contributed by atoms with E-state index in [9.17, 15) is 14.7 Å². The minimum atomic E-state index is -1.13. The number of nitrogens with one attached hydrogen (secondary N) is 1. The van der Waals surface area contributed by atoms with Gasteiger partial charge in [0.25, 0.3) is 5.91 Å². The van der Waals surface area contributed by atoms with E-state index in [-0.39, 0.29) is 5.91 Å². The highest BCUT2D eigenvalue weighted by molar-refractivity contribution is 5.98. The minimum absolute atomic E-state index is 0.372. The number of furan rings is 1. The molecule has 0 unspecified atom stereocenters. The van der Waals surface area contributed by atoms with Crippen LogP contribution in [0, 0.1) is 12.8 Å². The molecule has 1 aliphatic carbocycles. The molecule has 1 amide bonds. The predicted molar refractivity (Wildman–Crippen MR) is 68.9 cm³/mol. The van der Waals surface area contributed by atoms with Gasteiger partial charge < -0.3 is 14.8 Å². The van der Waals surface area contributed by atoms with Gasteiger partial charge in [0.05, 0.1) is 11.8 Å². The Morgan fingerprint density at radius 2 is 2.05 bits per heavy atom. The molecule has 1 fully saturated rings. The van der Waals surface area contributed by atoms with Crippen LogP contribution in [0.5, 0.6) is 0 Å². The number of hydrogen-bond donors (Lipinski definition) is 2. The number of rotatable bonds is 3. The van der Waals surface area contributed by atoms with Gasteiger partial charge in [0, 0.05) is 0 Å². The zero-order valence-electron chi connectivity index (χ0n) is 11.2. The van der Waals surface area contributed by atoms with E-state index in [0.717, 1.165) is 12.8 Å². The molecule has 5 nitrogen and oxygen atoms in total. The number of carbonyl (C=O) groups is 2. The summed E-state index contributed by atoms with van der Waals surface area (Å²) in [6.45, 7) is 3.79. The van der Waals surface area contributed by atoms with Crippen LogP contribution in [0.15, 0.2) is 16.7 Å². The molecule has 0 aliphatic heterocycles. The second kappa shape index (κ2) is 5.07. The van der Waals surface area contributed by atoms with Gasteiger partial charge in [0.2, 0.25) is 0 Å². The van der Waals surface area contributed by atoms with Crippen molar-refractivity contribution in [3.8, 4) is 0 Å². The summed E-state index contributed by atoms with van der Waals surface area (Å²) in [6.07, 6.45) is 4.02. The van der Waals surface area contributed by atoms with Gasteiger partial charge in [-0.1, -0.05) is 6.92 Å². The average Bonchev–Trinajstić information content (AvgIpc) is 2.78. The molecule has 2 N–H and O–H groups in total. The normalized spacial score (nSPS) is 26.9. The predicted octanol–water partition coefficient (Wildman–Crippen LogP) is 2.35. The summed E-state index contributed by atoms with van der Waals surface area (Å²) in [5, 5.41) is 12.1. The Kier molecular flexibility index (Phi) is 3.64. The lowest BCUT2D eigenvalue weighted by Crippen LogP contribution is -2.56. The van der Waals surface area contributed by atoms with Crippen molar-refractivity contribution in [3.63, 3.8) is 0 Å². The lowest BCUT2D eigenvalue weighted by Gasteiger charge is -2.36. The van der Waals surface area contributed by atoms with Gasteiger partial charge in [0.15, 0.2) is 0 Å². The summed E-state index contributed by atoms with van der Waals surface area (Å²) in [7, 11) is 0. The average molecular weight is 265 g/mol. The Hall–Kier alpha value is -1.78. The number of aliphatic carboxylic acids is 1. The Morgan fingerprint density at radius 1 is 1.42 bits per heavy atom. The van der Waals surface area contributed by atoms with Crippen LogP contribution in [0.2, 0.25) is 0 Å². The van der Waals surface area contributed by atoms with Crippen molar-refractivity contribution in [2.75, 3.05) is 0 Å². The van der Waals surface area contributed by atoms with Gasteiger partial charge in [-0.05, 0) is 44.6 Å². The molecular weight excluding hydrogens is 246 g/mol. The van der Waals surface area contributed by atoms with E-state index in [0.29, 0.717) is 30.1 Å². The molecule has 1 heterocycles. The minimum Gasteiger partial charge on any atom is -0.480 e. The zero-order valence-corrected chi connectivity index (χ0v) is 11.2.